The van der Waals surface area contributed by atoms with Gasteiger partial charge in [0.25, 0.3) is 5.56 Å². The van der Waals surface area contributed by atoms with E-state index >= 15 is 0 Å². The minimum Gasteiger partial charge on any atom is -0.394 e. The monoisotopic (exact) mass is 420 g/mol. The fourth-order valence-electron chi connectivity index (χ4n) is 3.78. The van der Waals surface area contributed by atoms with E-state index in [-0.39, 0.29) is 18.6 Å². The zero-order valence-corrected chi connectivity index (χ0v) is 17.2. The fraction of sp³-hybridized carbons (Fsp3) is 0.545. The van der Waals surface area contributed by atoms with Gasteiger partial charge in [-0.15, -0.1) is 0 Å². The second kappa shape index (κ2) is 10.1. The van der Waals surface area contributed by atoms with Gasteiger partial charge in [0.05, 0.1) is 12.7 Å². The predicted octanol–water partition coefficient (Wildman–Crippen LogP) is 1.84. The van der Waals surface area contributed by atoms with Gasteiger partial charge >= 0.3 is 5.69 Å². The molecule has 0 bridgehead atoms. The average Bonchev–Trinajstić information content (AvgIpc) is 3.13. The Labute approximate surface area is 174 Å². The number of hydrogen-bond acceptors (Lipinski definition) is 5. The Hall–Kier alpha value is -2.29. The van der Waals surface area contributed by atoms with Crippen LogP contribution in [-0.2, 0) is 24.4 Å². The van der Waals surface area contributed by atoms with E-state index in [2.05, 4.69) is 0 Å². The SMILES string of the molecule is Cc1cn([C@H]2C[C@H](O)[C@@H](CO)O2)c(=O)n(CCCCCc2ccc(CF)cc2)c1=O. The van der Waals surface area contributed by atoms with Crippen LogP contribution in [0.4, 0.5) is 4.39 Å². The summed E-state index contributed by atoms with van der Waals surface area (Å²) >= 11 is 0. The third kappa shape index (κ3) is 5.06. The molecule has 1 aromatic heterocycles. The second-order valence-corrected chi connectivity index (χ2v) is 7.83. The average molecular weight is 420 g/mol. The van der Waals surface area contributed by atoms with E-state index < -0.39 is 30.8 Å². The molecule has 0 saturated carbocycles. The molecule has 1 fully saturated rings. The molecule has 7 nitrogen and oxygen atoms in total. The Kier molecular flexibility index (Phi) is 7.58. The highest BCUT2D eigenvalue weighted by atomic mass is 19.1. The van der Waals surface area contributed by atoms with Crippen molar-refractivity contribution in [1.82, 2.24) is 9.13 Å². The van der Waals surface area contributed by atoms with E-state index in [4.69, 9.17) is 4.74 Å². The van der Waals surface area contributed by atoms with Gasteiger partial charge in [0.2, 0.25) is 0 Å². The lowest BCUT2D eigenvalue weighted by Crippen LogP contribution is -2.42. The van der Waals surface area contributed by atoms with Crippen LogP contribution < -0.4 is 11.2 Å². The molecule has 2 N–H and O–H groups in total. The van der Waals surface area contributed by atoms with Crippen molar-refractivity contribution in [3.63, 3.8) is 0 Å². The molecule has 164 valence electrons. The number of hydrogen-bond donors (Lipinski definition) is 2. The van der Waals surface area contributed by atoms with Gasteiger partial charge in [0, 0.05) is 24.7 Å². The molecule has 8 heteroatoms. The molecule has 2 heterocycles. The van der Waals surface area contributed by atoms with Crippen LogP contribution in [0.3, 0.4) is 0 Å². The molecule has 3 atom stereocenters. The summed E-state index contributed by atoms with van der Waals surface area (Å²) in [6.45, 7) is 1.15. The number of nitrogens with zero attached hydrogens (tertiary/aromatic N) is 2. The summed E-state index contributed by atoms with van der Waals surface area (Å²) in [5.74, 6) is 0. The van der Waals surface area contributed by atoms with E-state index in [1.165, 1.54) is 15.3 Å². The van der Waals surface area contributed by atoms with E-state index in [1.54, 1.807) is 19.1 Å². The lowest BCUT2D eigenvalue weighted by Gasteiger charge is -2.17. The van der Waals surface area contributed by atoms with Crippen LogP contribution in [-0.4, -0.2) is 38.2 Å². The maximum absolute atomic E-state index is 12.8. The van der Waals surface area contributed by atoms with Crippen LogP contribution in [0, 0.1) is 6.92 Å². The molecule has 1 aromatic carbocycles. The zero-order chi connectivity index (χ0) is 21.7. The van der Waals surface area contributed by atoms with Gasteiger partial charge in [0.15, 0.2) is 0 Å². The molecule has 1 saturated heterocycles. The maximum Gasteiger partial charge on any atom is 0.333 e. The van der Waals surface area contributed by atoms with Gasteiger partial charge in [-0.1, -0.05) is 30.7 Å². The lowest BCUT2D eigenvalue weighted by atomic mass is 10.1. The molecule has 3 rings (SSSR count). The first-order chi connectivity index (χ1) is 14.4. The van der Waals surface area contributed by atoms with Crippen LogP contribution in [0.25, 0.3) is 0 Å². The number of aliphatic hydroxyl groups excluding tert-OH is 2. The Morgan fingerprint density at radius 1 is 1.13 bits per heavy atom. The molecule has 30 heavy (non-hydrogen) atoms. The largest absolute Gasteiger partial charge is 0.394 e. The molecule has 0 unspecified atom stereocenters. The Morgan fingerprint density at radius 3 is 2.47 bits per heavy atom. The van der Waals surface area contributed by atoms with Crippen molar-refractivity contribution in [2.24, 2.45) is 0 Å². The number of unbranched alkanes of at least 4 members (excludes halogenated alkanes) is 2. The van der Waals surface area contributed by atoms with Crippen molar-refractivity contribution in [3.8, 4) is 0 Å². The zero-order valence-electron chi connectivity index (χ0n) is 17.2. The fourth-order valence-corrected chi connectivity index (χ4v) is 3.78. The highest BCUT2D eigenvalue weighted by molar-refractivity contribution is 5.22. The summed E-state index contributed by atoms with van der Waals surface area (Å²) in [5, 5.41) is 19.2. The normalized spacial score (nSPS) is 21.3. The summed E-state index contributed by atoms with van der Waals surface area (Å²) in [6, 6.07) is 7.42. The molecule has 0 amide bonds. The van der Waals surface area contributed by atoms with E-state index in [1.807, 2.05) is 12.1 Å². The molecule has 0 radical (unpaired) electrons. The van der Waals surface area contributed by atoms with E-state index in [0.717, 1.165) is 24.8 Å². The quantitative estimate of drug-likeness (QED) is 0.604. The molecule has 1 aliphatic heterocycles. The van der Waals surface area contributed by atoms with Gasteiger partial charge in [-0.3, -0.25) is 13.9 Å². The summed E-state index contributed by atoms with van der Waals surface area (Å²) in [7, 11) is 0. The van der Waals surface area contributed by atoms with Crippen molar-refractivity contribution in [1.29, 1.82) is 0 Å². The minimum atomic E-state index is -0.855. The molecule has 2 aromatic rings. The van der Waals surface area contributed by atoms with Crippen molar-refractivity contribution >= 4 is 0 Å². The minimum absolute atomic E-state index is 0.184. The maximum atomic E-state index is 12.8. The van der Waals surface area contributed by atoms with Gasteiger partial charge in [-0.2, -0.15) is 0 Å². The number of benzene rings is 1. The number of alkyl halides is 1. The third-order valence-electron chi connectivity index (χ3n) is 5.59. The first-order valence-corrected chi connectivity index (χ1v) is 10.4. The van der Waals surface area contributed by atoms with Crippen LogP contribution in [0.1, 0.15) is 48.6 Å². The highest BCUT2D eigenvalue weighted by Gasteiger charge is 2.35. The molecule has 0 aliphatic carbocycles. The van der Waals surface area contributed by atoms with Crippen LogP contribution >= 0.6 is 0 Å². The number of aliphatic hydroxyl groups is 2. The number of aromatic nitrogens is 2. The standard InChI is InChI=1S/C22H29FN2O5/c1-15-13-25(20-11-18(27)19(14-26)30-20)22(29)24(21(15)28)10-4-2-3-5-16-6-8-17(12-23)9-7-16/h6-9,13,18-20,26-27H,2-5,10-12,14H2,1H3/t18-,19+,20+/m0/s1. The summed E-state index contributed by atoms with van der Waals surface area (Å²) in [4.78, 5) is 25.3. The number of halogens is 1. The van der Waals surface area contributed by atoms with Crippen molar-refractivity contribution in [2.75, 3.05) is 6.61 Å². The molecule has 1 aliphatic rings. The van der Waals surface area contributed by atoms with Gasteiger partial charge in [-0.25, -0.2) is 9.18 Å². The molecular formula is C22H29FN2O5. The summed E-state index contributed by atoms with van der Waals surface area (Å²) < 4.78 is 20.7. The first-order valence-electron chi connectivity index (χ1n) is 10.4. The third-order valence-corrected chi connectivity index (χ3v) is 5.59. The number of ether oxygens (including phenoxy) is 1. The number of rotatable bonds is 9. The molecular weight excluding hydrogens is 391 g/mol. The topological polar surface area (TPSA) is 93.7 Å². The van der Waals surface area contributed by atoms with Gasteiger partial charge in [-0.05, 0) is 37.3 Å². The van der Waals surface area contributed by atoms with Crippen LogP contribution in [0.15, 0.2) is 40.1 Å². The van der Waals surface area contributed by atoms with Crippen LogP contribution in [0.2, 0.25) is 0 Å². The van der Waals surface area contributed by atoms with Crippen molar-refractivity contribution in [2.45, 2.75) is 70.7 Å². The Balaban J connectivity index is 1.61. The summed E-state index contributed by atoms with van der Waals surface area (Å²) in [6.07, 6.45) is 2.62. The van der Waals surface area contributed by atoms with Crippen molar-refractivity contribution < 1.29 is 19.3 Å². The van der Waals surface area contributed by atoms with Gasteiger partial charge in [0.1, 0.15) is 19.0 Å². The van der Waals surface area contributed by atoms with Gasteiger partial charge < -0.3 is 14.9 Å². The van der Waals surface area contributed by atoms with Crippen molar-refractivity contribution in [3.05, 3.63) is 68.0 Å². The molecule has 0 spiro atoms. The van der Waals surface area contributed by atoms with Crippen LogP contribution in [0.5, 0.6) is 0 Å². The van der Waals surface area contributed by atoms with E-state index in [0.29, 0.717) is 24.1 Å². The Morgan fingerprint density at radius 2 is 1.83 bits per heavy atom. The second-order valence-electron chi connectivity index (χ2n) is 7.83. The number of aryl methyl sites for hydroxylation is 2. The summed E-state index contributed by atoms with van der Waals surface area (Å²) in [5.41, 5.74) is 1.43. The first kappa shape index (κ1) is 22.4. The highest BCUT2D eigenvalue weighted by Crippen LogP contribution is 2.27. The Bertz CT molecular complexity index is 953. The van der Waals surface area contributed by atoms with E-state index in [9.17, 15) is 24.2 Å². The lowest BCUT2D eigenvalue weighted by molar-refractivity contribution is -0.0464. The smallest absolute Gasteiger partial charge is 0.333 e. The predicted molar refractivity (Wildman–Crippen MR) is 110 cm³/mol.